The molecule has 0 saturated carbocycles. The van der Waals surface area contributed by atoms with E-state index in [4.69, 9.17) is 21.3 Å². The van der Waals surface area contributed by atoms with E-state index in [1.807, 2.05) is 74.5 Å². The first kappa shape index (κ1) is 24.9. The lowest BCUT2D eigenvalue weighted by atomic mass is 9.97. The second-order valence-corrected chi connectivity index (χ2v) is 10.2. The molecule has 7 heteroatoms. The van der Waals surface area contributed by atoms with E-state index in [2.05, 4.69) is 5.32 Å². The van der Waals surface area contributed by atoms with Crippen molar-refractivity contribution in [1.82, 2.24) is 4.98 Å². The molecular weight excluding hydrogens is 504 g/mol. The van der Waals surface area contributed by atoms with E-state index in [0.29, 0.717) is 39.0 Å². The Morgan fingerprint density at radius 2 is 1.65 bits per heavy atom. The number of para-hydroxylation sites is 1. The lowest BCUT2D eigenvalue weighted by Crippen LogP contribution is -2.17. The van der Waals surface area contributed by atoms with Crippen molar-refractivity contribution >= 4 is 60.8 Å². The SMILES string of the molecule is CCCCOC(=O)c1c(NC(=O)c2c(C)c(-c3ccc(Cl)cc3)nc3ccccc23)sc2ccccc12. The van der Waals surface area contributed by atoms with Gasteiger partial charge in [0.05, 0.1) is 23.4 Å². The summed E-state index contributed by atoms with van der Waals surface area (Å²) >= 11 is 7.46. The molecule has 1 N–H and O–H groups in total. The quantitative estimate of drug-likeness (QED) is 0.170. The molecular formula is C30H25ClN2O3S. The van der Waals surface area contributed by atoms with E-state index < -0.39 is 5.97 Å². The number of carbonyl (C=O) groups is 2. The van der Waals surface area contributed by atoms with Crippen molar-refractivity contribution in [3.63, 3.8) is 0 Å². The summed E-state index contributed by atoms with van der Waals surface area (Å²) in [5.74, 6) is -0.736. The van der Waals surface area contributed by atoms with Crippen LogP contribution in [0.5, 0.6) is 0 Å². The zero-order valence-corrected chi connectivity index (χ0v) is 22.1. The molecule has 0 aliphatic heterocycles. The standard InChI is InChI=1S/C30H25ClN2O3S/c1-3-4-17-36-30(35)26-22-10-6-8-12-24(22)37-29(26)33-28(34)25-18(2)27(19-13-15-20(31)16-14-19)32-23-11-7-5-9-21(23)25/h5-16H,3-4,17H2,1-2H3,(H,33,34). The molecule has 5 rings (SSSR count). The van der Waals surface area contributed by atoms with Gasteiger partial charge in [0.25, 0.3) is 5.91 Å². The zero-order valence-electron chi connectivity index (χ0n) is 20.5. The average molecular weight is 529 g/mol. The van der Waals surface area contributed by atoms with Gasteiger partial charge in [-0.05, 0) is 43.2 Å². The molecule has 0 bridgehead atoms. The first-order valence-corrected chi connectivity index (χ1v) is 13.3. The lowest BCUT2D eigenvalue weighted by molar-refractivity contribution is 0.0503. The Kier molecular flexibility index (Phi) is 7.22. The molecule has 5 nitrogen and oxygen atoms in total. The number of unbranched alkanes of at least 4 members (excludes halogenated alkanes) is 1. The summed E-state index contributed by atoms with van der Waals surface area (Å²) in [6, 6.07) is 22.6. The predicted octanol–water partition coefficient (Wildman–Crippen LogP) is 8.29. The summed E-state index contributed by atoms with van der Waals surface area (Å²) in [6.07, 6.45) is 1.71. The van der Waals surface area contributed by atoms with Gasteiger partial charge in [-0.1, -0.05) is 73.5 Å². The summed E-state index contributed by atoms with van der Waals surface area (Å²) < 4.78 is 6.44. The number of halogens is 1. The molecule has 2 aromatic heterocycles. The number of carbonyl (C=O) groups excluding carboxylic acids is 2. The van der Waals surface area contributed by atoms with E-state index in [0.717, 1.165) is 39.4 Å². The van der Waals surface area contributed by atoms with Crippen LogP contribution in [0.2, 0.25) is 5.02 Å². The number of fused-ring (bicyclic) bond motifs is 2. The molecule has 37 heavy (non-hydrogen) atoms. The van der Waals surface area contributed by atoms with Gasteiger partial charge in [0.2, 0.25) is 0 Å². The van der Waals surface area contributed by atoms with Crippen molar-refractivity contribution in [2.45, 2.75) is 26.7 Å². The number of anilines is 1. The third-order valence-electron chi connectivity index (χ3n) is 6.24. The normalized spacial score (nSPS) is 11.1. The molecule has 0 unspecified atom stereocenters. The number of aromatic nitrogens is 1. The number of nitrogens with one attached hydrogen (secondary N) is 1. The highest BCUT2D eigenvalue weighted by Crippen LogP contribution is 2.37. The molecule has 5 aromatic rings. The second kappa shape index (κ2) is 10.7. The van der Waals surface area contributed by atoms with Crippen LogP contribution in [0.25, 0.3) is 32.2 Å². The van der Waals surface area contributed by atoms with Crippen LogP contribution in [0, 0.1) is 6.92 Å². The zero-order chi connectivity index (χ0) is 25.9. The number of pyridine rings is 1. The molecule has 0 spiro atoms. The van der Waals surface area contributed by atoms with Crippen LogP contribution < -0.4 is 5.32 Å². The Balaban J connectivity index is 1.60. The smallest absolute Gasteiger partial charge is 0.341 e. The number of esters is 1. The molecule has 0 aliphatic rings. The fraction of sp³-hybridized carbons (Fsp3) is 0.167. The Morgan fingerprint density at radius 1 is 0.946 bits per heavy atom. The minimum atomic E-state index is -0.431. The number of hydrogen-bond donors (Lipinski definition) is 1. The maximum Gasteiger partial charge on any atom is 0.341 e. The number of hydrogen-bond acceptors (Lipinski definition) is 5. The van der Waals surface area contributed by atoms with Crippen molar-refractivity contribution in [3.8, 4) is 11.3 Å². The number of nitrogens with zero attached hydrogens (tertiary/aromatic N) is 1. The number of thiophene rings is 1. The Morgan fingerprint density at radius 3 is 2.41 bits per heavy atom. The largest absolute Gasteiger partial charge is 0.462 e. The van der Waals surface area contributed by atoms with E-state index in [1.165, 1.54) is 11.3 Å². The molecule has 0 aliphatic carbocycles. The first-order valence-electron chi connectivity index (χ1n) is 12.1. The highest BCUT2D eigenvalue weighted by Gasteiger charge is 2.25. The maximum absolute atomic E-state index is 13.9. The van der Waals surface area contributed by atoms with Gasteiger partial charge in [-0.15, -0.1) is 11.3 Å². The minimum Gasteiger partial charge on any atom is -0.462 e. The first-order chi connectivity index (χ1) is 18.0. The highest BCUT2D eigenvalue weighted by atomic mass is 35.5. The Bertz CT molecular complexity index is 1630. The van der Waals surface area contributed by atoms with Gasteiger partial charge in [-0.25, -0.2) is 9.78 Å². The van der Waals surface area contributed by atoms with Gasteiger partial charge in [0.1, 0.15) is 10.6 Å². The van der Waals surface area contributed by atoms with Crippen molar-refractivity contribution in [3.05, 3.63) is 94.5 Å². The summed E-state index contributed by atoms with van der Waals surface area (Å²) in [6.45, 7) is 4.27. The maximum atomic E-state index is 13.9. The van der Waals surface area contributed by atoms with Crippen LogP contribution in [-0.4, -0.2) is 23.5 Å². The number of amides is 1. The van der Waals surface area contributed by atoms with E-state index >= 15 is 0 Å². The van der Waals surface area contributed by atoms with Crippen LogP contribution in [0.15, 0.2) is 72.8 Å². The summed E-state index contributed by atoms with van der Waals surface area (Å²) in [5.41, 5.74) is 3.92. The molecule has 2 heterocycles. The van der Waals surface area contributed by atoms with Gasteiger partial charge in [0.15, 0.2) is 0 Å². The minimum absolute atomic E-state index is 0.305. The molecule has 3 aromatic carbocycles. The van der Waals surface area contributed by atoms with Crippen molar-refractivity contribution in [2.75, 3.05) is 11.9 Å². The van der Waals surface area contributed by atoms with Gasteiger partial charge in [-0.2, -0.15) is 0 Å². The van der Waals surface area contributed by atoms with Crippen molar-refractivity contribution in [1.29, 1.82) is 0 Å². The van der Waals surface area contributed by atoms with Crippen LogP contribution in [0.1, 0.15) is 46.0 Å². The predicted molar refractivity (Wildman–Crippen MR) is 152 cm³/mol. The Hall–Kier alpha value is -3.74. The average Bonchev–Trinajstić information content (AvgIpc) is 3.26. The number of benzene rings is 3. The van der Waals surface area contributed by atoms with Crippen molar-refractivity contribution < 1.29 is 14.3 Å². The Labute approximate surface area is 224 Å². The van der Waals surface area contributed by atoms with Crippen LogP contribution >= 0.6 is 22.9 Å². The second-order valence-electron chi connectivity index (χ2n) is 8.73. The number of ether oxygens (including phenoxy) is 1. The number of rotatable bonds is 7. The summed E-state index contributed by atoms with van der Waals surface area (Å²) in [5, 5.41) is 5.64. The van der Waals surface area contributed by atoms with E-state index in [1.54, 1.807) is 12.1 Å². The summed E-state index contributed by atoms with van der Waals surface area (Å²) in [4.78, 5) is 31.8. The molecule has 0 radical (unpaired) electrons. The van der Waals surface area contributed by atoms with E-state index in [-0.39, 0.29) is 5.91 Å². The molecule has 186 valence electrons. The van der Waals surface area contributed by atoms with Crippen LogP contribution in [-0.2, 0) is 4.74 Å². The fourth-order valence-corrected chi connectivity index (χ4v) is 5.58. The monoisotopic (exact) mass is 528 g/mol. The van der Waals surface area contributed by atoms with E-state index in [9.17, 15) is 9.59 Å². The van der Waals surface area contributed by atoms with Gasteiger partial charge in [-0.3, -0.25) is 4.79 Å². The van der Waals surface area contributed by atoms with Crippen LogP contribution in [0.4, 0.5) is 5.00 Å². The fourth-order valence-electron chi connectivity index (χ4n) is 4.37. The third kappa shape index (κ3) is 4.95. The highest BCUT2D eigenvalue weighted by molar-refractivity contribution is 7.23. The molecule has 0 atom stereocenters. The van der Waals surface area contributed by atoms with Crippen LogP contribution in [0.3, 0.4) is 0 Å². The molecule has 0 fully saturated rings. The third-order valence-corrected chi connectivity index (χ3v) is 7.58. The summed E-state index contributed by atoms with van der Waals surface area (Å²) in [7, 11) is 0. The van der Waals surface area contributed by atoms with Gasteiger partial charge >= 0.3 is 5.97 Å². The lowest BCUT2D eigenvalue weighted by Gasteiger charge is -2.15. The topological polar surface area (TPSA) is 68.3 Å². The van der Waals surface area contributed by atoms with Gasteiger partial charge in [0, 0.05) is 26.1 Å². The van der Waals surface area contributed by atoms with Gasteiger partial charge < -0.3 is 10.1 Å². The van der Waals surface area contributed by atoms with Crippen molar-refractivity contribution in [2.24, 2.45) is 0 Å². The molecule has 1 amide bonds. The molecule has 0 saturated heterocycles.